The normalized spacial score (nSPS) is 11.0. The van der Waals surface area contributed by atoms with Crippen LogP contribution in [0.5, 0.6) is 0 Å². The van der Waals surface area contributed by atoms with Crippen LogP contribution in [0.3, 0.4) is 0 Å². The van der Waals surface area contributed by atoms with Crippen LogP contribution in [0.15, 0.2) is 35.0 Å². The molecular formula is C19H21NO6S. The molecule has 0 saturated carbocycles. The molecule has 0 spiro atoms. The lowest BCUT2D eigenvalue weighted by Gasteiger charge is -2.06. The van der Waals surface area contributed by atoms with Gasteiger partial charge in [-0.05, 0) is 37.1 Å². The molecular weight excluding hydrogens is 370 g/mol. The van der Waals surface area contributed by atoms with Crippen molar-refractivity contribution in [2.75, 3.05) is 18.5 Å². The van der Waals surface area contributed by atoms with E-state index in [1.807, 2.05) is 13.8 Å². The Kier molecular flexibility index (Phi) is 7.36. The number of rotatable bonds is 8. The summed E-state index contributed by atoms with van der Waals surface area (Å²) in [6, 6.07) is 5.07. The highest BCUT2D eigenvalue weighted by molar-refractivity contribution is 7.16. The minimum Gasteiger partial charge on any atom is -0.465 e. The SMILES string of the molecule is CCOC(=O)c1cc(C(C)C)sc1NC(=O)COC(=O)/C=C/c1ccco1. The van der Waals surface area contributed by atoms with Crippen LogP contribution < -0.4 is 5.32 Å². The molecule has 0 unspecified atom stereocenters. The molecule has 2 rings (SSSR count). The van der Waals surface area contributed by atoms with Gasteiger partial charge in [-0.1, -0.05) is 13.8 Å². The smallest absolute Gasteiger partial charge is 0.341 e. The number of furan rings is 1. The van der Waals surface area contributed by atoms with E-state index in [4.69, 9.17) is 13.9 Å². The number of thiophene rings is 1. The minimum absolute atomic E-state index is 0.193. The van der Waals surface area contributed by atoms with Crippen LogP contribution in [-0.2, 0) is 19.1 Å². The summed E-state index contributed by atoms with van der Waals surface area (Å²) in [5.74, 6) is -1.04. The van der Waals surface area contributed by atoms with E-state index in [1.54, 1.807) is 25.1 Å². The van der Waals surface area contributed by atoms with Crippen molar-refractivity contribution >= 4 is 40.3 Å². The molecule has 1 N–H and O–H groups in total. The summed E-state index contributed by atoms with van der Waals surface area (Å²) < 4.78 is 15.0. The van der Waals surface area contributed by atoms with Crippen molar-refractivity contribution < 1.29 is 28.3 Å². The molecule has 8 heteroatoms. The second-order valence-electron chi connectivity index (χ2n) is 5.77. The third-order valence-corrected chi connectivity index (χ3v) is 4.69. The molecule has 0 bridgehead atoms. The molecule has 0 aromatic carbocycles. The van der Waals surface area contributed by atoms with E-state index in [0.717, 1.165) is 11.0 Å². The summed E-state index contributed by atoms with van der Waals surface area (Å²) in [5.41, 5.74) is 0.294. The fourth-order valence-corrected chi connectivity index (χ4v) is 3.10. The van der Waals surface area contributed by atoms with Crippen LogP contribution in [-0.4, -0.2) is 31.1 Å². The zero-order chi connectivity index (χ0) is 19.8. The minimum atomic E-state index is -0.679. The van der Waals surface area contributed by atoms with Gasteiger partial charge < -0.3 is 19.2 Å². The summed E-state index contributed by atoms with van der Waals surface area (Å²) >= 11 is 1.29. The van der Waals surface area contributed by atoms with Crippen molar-refractivity contribution in [2.45, 2.75) is 26.7 Å². The van der Waals surface area contributed by atoms with Crippen LogP contribution in [0.2, 0.25) is 0 Å². The van der Waals surface area contributed by atoms with Crippen molar-refractivity contribution in [1.29, 1.82) is 0 Å². The van der Waals surface area contributed by atoms with Crippen molar-refractivity contribution in [2.24, 2.45) is 0 Å². The van der Waals surface area contributed by atoms with Gasteiger partial charge in [0.2, 0.25) is 0 Å². The lowest BCUT2D eigenvalue weighted by Crippen LogP contribution is -2.20. The number of hydrogen-bond donors (Lipinski definition) is 1. The van der Waals surface area contributed by atoms with E-state index in [9.17, 15) is 14.4 Å². The molecule has 0 aliphatic carbocycles. The van der Waals surface area contributed by atoms with Gasteiger partial charge in [-0.3, -0.25) is 4.79 Å². The highest BCUT2D eigenvalue weighted by Gasteiger charge is 2.20. The van der Waals surface area contributed by atoms with Crippen molar-refractivity contribution in [3.63, 3.8) is 0 Å². The Hall–Kier alpha value is -2.87. The van der Waals surface area contributed by atoms with E-state index in [-0.39, 0.29) is 12.5 Å². The first-order valence-corrected chi connectivity index (χ1v) is 9.21. The number of amides is 1. The molecule has 0 aliphatic heterocycles. The van der Waals surface area contributed by atoms with E-state index in [2.05, 4.69) is 5.32 Å². The Morgan fingerprint density at radius 3 is 2.70 bits per heavy atom. The first-order chi connectivity index (χ1) is 12.9. The van der Waals surface area contributed by atoms with Crippen LogP contribution in [0.25, 0.3) is 6.08 Å². The second-order valence-corrected chi connectivity index (χ2v) is 6.86. The first kappa shape index (κ1) is 20.4. The van der Waals surface area contributed by atoms with Crippen LogP contribution >= 0.6 is 11.3 Å². The van der Waals surface area contributed by atoms with Crippen molar-refractivity contribution in [3.8, 4) is 0 Å². The Labute approximate surface area is 161 Å². The summed E-state index contributed by atoms with van der Waals surface area (Å²) in [4.78, 5) is 36.7. The Morgan fingerprint density at radius 1 is 1.30 bits per heavy atom. The predicted molar refractivity (Wildman–Crippen MR) is 102 cm³/mol. The van der Waals surface area contributed by atoms with Gasteiger partial charge in [0.15, 0.2) is 6.61 Å². The highest BCUT2D eigenvalue weighted by Crippen LogP contribution is 2.33. The molecule has 0 radical (unpaired) electrons. The predicted octanol–water partition coefficient (Wildman–Crippen LogP) is 3.84. The lowest BCUT2D eigenvalue weighted by molar-refractivity contribution is -0.142. The molecule has 2 heterocycles. The average molecular weight is 391 g/mol. The lowest BCUT2D eigenvalue weighted by atomic mass is 10.1. The van der Waals surface area contributed by atoms with E-state index in [0.29, 0.717) is 16.3 Å². The van der Waals surface area contributed by atoms with E-state index in [1.165, 1.54) is 23.7 Å². The molecule has 7 nitrogen and oxygen atoms in total. The molecule has 2 aromatic heterocycles. The molecule has 2 aromatic rings. The van der Waals surface area contributed by atoms with Gasteiger partial charge in [-0.2, -0.15) is 0 Å². The van der Waals surface area contributed by atoms with Crippen LogP contribution in [0.1, 0.15) is 47.7 Å². The Morgan fingerprint density at radius 2 is 2.07 bits per heavy atom. The number of carbonyl (C=O) groups is 3. The van der Waals surface area contributed by atoms with Gasteiger partial charge in [0.25, 0.3) is 5.91 Å². The highest BCUT2D eigenvalue weighted by atomic mass is 32.1. The fraction of sp³-hybridized carbons (Fsp3) is 0.316. The molecule has 27 heavy (non-hydrogen) atoms. The number of ether oxygens (including phenoxy) is 2. The summed E-state index contributed by atoms with van der Waals surface area (Å²) in [5, 5.41) is 2.99. The van der Waals surface area contributed by atoms with Gasteiger partial charge in [0.1, 0.15) is 10.8 Å². The van der Waals surface area contributed by atoms with Crippen LogP contribution in [0.4, 0.5) is 5.00 Å². The third kappa shape index (κ3) is 6.10. The van der Waals surface area contributed by atoms with E-state index < -0.39 is 24.5 Å². The molecule has 0 fully saturated rings. The van der Waals surface area contributed by atoms with Crippen LogP contribution in [0, 0.1) is 0 Å². The second kappa shape index (κ2) is 9.72. The van der Waals surface area contributed by atoms with Gasteiger partial charge in [-0.15, -0.1) is 11.3 Å². The topological polar surface area (TPSA) is 94.8 Å². The number of hydrogen-bond acceptors (Lipinski definition) is 7. The van der Waals surface area contributed by atoms with Crippen molar-refractivity contribution in [1.82, 2.24) is 0 Å². The monoisotopic (exact) mass is 391 g/mol. The zero-order valence-corrected chi connectivity index (χ0v) is 16.1. The number of nitrogens with one attached hydrogen (secondary N) is 1. The zero-order valence-electron chi connectivity index (χ0n) is 15.3. The van der Waals surface area contributed by atoms with Gasteiger partial charge in [0.05, 0.1) is 18.4 Å². The first-order valence-electron chi connectivity index (χ1n) is 8.39. The maximum atomic E-state index is 12.1. The maximum absolute atomic E-state index is 12.1. The summed E-state index contributed by atoms with van der Waals surface area (Å²) in [6.45, 7) is 5.44. The summed E-state index contributed by atoms with van der Waals surface area (Å²) in [6.07, 6.45) is 4.08. The quantitative estimate of drug-likeness (QED) is 0.543. The number of esters is 2. The van der Waals surface area contributed by atoms with E-state index >= 15 is 0 Å². The maximum Gasteiger partial charge on any atom is 0.341 e. The third-order valence-electron chi connectivity index (χ3n) is 3.34. The largest absolute Gasteiger partial charge is 0.465 e. The molecule has 0 saturated heterocycles. The summed E-state index contributed by atoms with van der Waals surface area (Å²) in [7, 11) is 0. The number of anilines is 1. The Balaban J connectivity index is 1.96. The van der Waals surface area contributed by atoms with Gasteiger partial charge >= 0.3 is 11.9 Å². The van der Waals surface area contributed by atoms with Gasteiger partial charge in [-0.25, -0.2) is 9.59 Å². The standard InChI is InChI=1S/C19H21NO6S/c1-4-24-19(23)14-10-15(12(2)3)27-18(14)20-16(21)11-26-17(22)8-7-13-6-5-9-25-13/h5-10,12H,4,11H2,1-3H3,(H,20,21)/b8-7+. The molecule has 0 atom stereocenters. The van der Waals surface area contributed by atoms with Gasteiger partial charge in [0, 0.05) is 11.0 Å². The van der Waals surface area contributed by atoms with Crippen molar-refractivity contribution in [3.05, 3.63) is 46.7 Å². The molecule has 144 valence electrons. The molecule has 0 aliphatic rings. The fourth-order valence-electron chi connectivity index (χ4n) is 2.03. The average Bonchev–Trinajstić information content (AvgIpc) is 3.28. The molecule has 1 amide bonds. The number of carbonyl (C=O) groups excluding carboxylic acids is 3. The Bertz CT molecular complexity index is 819.